The van der Waals surface area contributed by atoms with Crippen LogP contribution in [0.5, 0.6) is 0 Å². The molecule has 0 bridgehead atoms. The van der Waals surface area contributed by atoms with Gasteiger partial charge in [0.15, 0.2) is 0 Å². The Labute approximate surface area is 129 Å². The average Bonchev–Trinajstić information content (AvgIpc) is 2.94. The molecule has 0 atom stereocenters. The van der Waals surface area contributed by atoms with E-state index in [0.29, 0.717) is 31.0 Å². The van der Waals surface area contributed by atoms with E-state index in [1.807, 2.05) is 13.0 Å². The number of para-hydroxylation sites is 1. The number of nitrogens with zero attached hydrogens (tertiary/aromatic N) is 2. The van der Waals surface area contributed by atoms with E-state index >= 15 is 0 Å². The summed E-state index contributed by atoms with van der Waals surface area (Å²) in [4.78, 5) is 14.0. The van der Waals surface area contributed by atoms with E-state index < -0.39 is 10.0 Å². The number of likely N-dealkylation sites (N-methyl/N-ethyl adjacent to an activating group) is 1. The molecule has 0 unspecified atom stereocenters. The summed E-state index contributed by atoms with van der Waals surface area (Å²) in [6, 6.07) is 10.1. The average molecular weight is 319 g/mol. The summed E-state index contributed by atoms with van der Waals surface area (Å²) in [6.07, 6.45) is 1.52. The number of carbonyl (C=O) groups excluding carboxylic acids is 1. The Morgan fingerprint density at radius 1 is 1.18 bits per heavy atom. The maximum absolute atomic E-state index is 12.4. The lowest BCUT2D eigenvalue weighted by Gasteiger charge is -2.26. The molecule has 1 amide bonds. The first kappa shape index (κ1) is 14.6. The largest absolute Gasteiger partial charge is 0.340 e. The van der Waals surface area contributed by atoms with Crippen molar-refractivity contribution in [1.29, 1.82) is 0 Å². The molecular weight excluding hydrogens is 302 g/mol. The van der Waals surface area contributed by atoms with Gasteiger partial charge in [0.2, 0.25) is 0 Å². The van der Waals surface area contributed by atoms with Crippen LogP contribution in [-0.2, 0) is 16.6 Å². The topological polar surface area (TPSA) is 71.4 Å². The Kier molecular flexibility index (Phi) is 3.66. The quantitative estimate of drug-likeness (QED) is 0.933. The van der Waals surface area contributed by atoms with Gasteiger partial charge in [-0.25, -0.2) is 8.42 Å². The third-order valence-corrected chi connectivity index (χ3v) is 5.05. The summed E-state index contributed by atoms with van der Waals surface area (Å²) < 4.78 is 29.1. The van der Waals surface area contributed by atoms with Crippen LogP contribution in [-0.4, -0.2) is 36.9 Å². The van der Waals surface area contributed by atoms with Crippen LogP contribution in [0.2, 0.25) is 0 Å². The van der Waals surface area contributed by atoms with E-state index in [0.717, 1.165) is 0 Å². The maximum atomic E-state index is 12.4. The van der Waals surface area contributed by atoms with Crippen molar-refractivity contribution in [3.05, 3.63) is 48.3 Å². The first-order chi connectivity index (χ1) is 10.5. The molecule has 2 heterocycles. The van der Waals surface area contributed by atoms with Gasteiger partial charge < -0.3 is 9.47 Å². The highest BCUT2D eigenvalue weighted by molar-refractivity contribution is 7.92. The molecule has 22 heavy (non-hydrogen) atoms. The predicted molar refractivity (Wildman–Crippen MR) is 83.3 cm³/mol. The van der Waals surface area contributed by atoms with Crippen molar-refractivity contribution >= 4 is 21.6 Å². The first-order valence-electron chi connectivity index (χ1n) is 7.08. The Hall–Kier alpha value is -2.28. The monoisotopic (exact) mass is 319 g/mol. The van der Waals surface area contributed by atoms with Crippen molar-refractivity contribution in [1.82, 2.24) is 9.47 Å². The van der Waals surface area contributed by atoms with E-state index in [1.54, 1.807) is 33.7 Å². The zero-order valence-electron chi connectivity index (χ0n) is 12.2. The molecule has 0 radical (unpaired) electrons. The number of hydrogen-bond acceptors (Lipinski definition) is 3. The van der Waals surface area contributed by atoms with Crippen LogP contribution >= 0.6 is 0 Å². The summed E-state index contributed by atoms with van der Waals surface area (Å²) in [5.74, 6) is -0.130. The summed E-state index contributed by atoms with van der Waals surface area (Å²) in [7, 11) is -3.70. The van der Waals surface area contributed by atoms with Gasteiger partial charge >= 0.3 is 0 Å². The highest BCUT2D eigenvalue weighted by atomic mass is 32.2. The molecular formula is C15H17N3O3S. The van der Waals surface area contributed by atoms with E-state index in [2.05, 4.69) is 4.72 Å². The SMILES string of the molecule is CCN1CCn2cc(S(=O)(=O)Nc3ccccc3)cc2C1=O. The number of carbonyl (C=O) groups is 1. The minimum absolute atomic E-state index is 0.109. The van der Waals surface area contributed by atoms with E-state index in [9.17, 15) is 13.2 Å². The van der Waals surface area contributed by atoms with Crippen LogP contribution in [0.15, 0.2) is 47.5 Å². The van der Waals surface area contributed by atoms with Gasteiger partial charge in [-0.2, -0.15) is 0 Å². The van der Waals surface area contributed by atoms with Crippen LogP contribution in [0.4, 0.5) is 5.69 Å². The fourth-order valence-corrected chi connectivity index (χ4v) is 3.61. The lowest BCUT2D eigenvalue weighted by Crippen LogP contribution is -2.39. The molecule has 116 valence electrons. The number of sulfonamides is 1. The second-order valence-electron chi connectivity index (χ2n) is 5.11. The molecule has 3 rings (SSSR count). The molecule has 0 fully saturated rings. The van der Waals surface area contributed by atoms with Crippen molar-refractivity contribution in [2.75, 3.05) is 17.8 Å². The standard InChI is InChI=1S/C15H17N3O3S/c1-2-17-8-9-18-11-13(10-14(18)15(17)19)22(20,21)16-12-6-4-3-5-7-12/h3-7,10-11,16H,2,8-9H2,1H3. The van der Waals surface area contributed by atoms with Crippen LogP contribution in [0.25, 0.3) is 0 Å². The fourth-order valence-electron chi connectivity index (χ4n) is 2.51. The van der Waals surface area contributed by atoms with Gasteiger partial charge in [-0.05, 0) is 25.1 Å². The lowest BCUT2D eigenvalue weighted by atomic mass is 10.3. The van der Waals surface area contributed by atoms with Crippen molar-refractivity contribution in [3.8, 4) is 0 Å². The molecule has 0 aliphatic carbocycles. The number of rotatable bonds is 4. The molecule has 1 aliphatic rings. The van der Waals surface area contributed by atoms with Crippen molar-refractivity contribution < 1.29 is 13.2 Å². The Bertz CT molecular complexity index is 797. The highest BCUT2D eigenvalue weighted by Gasteiger charge is 2.27. The van der Waals surface area contributed by atoms with Crippen LogP contribution in [0.1, 0.15) is 17.4 Å². The number of fused-ring (bicyclic) bond motifs is 1. The minimum atomic E-state index is -3.70. The molecule has 1 N–H and O–H groups in total. The van der Waals surface area contributed by atoms with E-state index in [4.69, 9.17) is 0 Å². The van der Waals surface area contributed by atoms with Crippen LogP contribution in [0, 0.1) is 0 Å². The Balaban J connectivity index is 1.92. The number of benzene rings is 1. The fraction of sp³-hybridized carbons (Fsp3) is 0.267. The number of amides is 1. The first-order valence-corrected chi connectivity index (χ1v) is 8.57. The predicted octanol–water partition coefficient (Wildman–Crippen LogP) is 1.76. The molecule has 6 nitrogen and oxygen atoms in total. The summed E-state index contributed by atoms with van der Waals surface area (Å²) >= 11 is 0. The molecule has 0 spiro atoms. The zero-order valence-corrected chi connectivity index (χ0v) is 13.0. The van der Waals surface area contributed by atoms with Gasteiger partial charge in [-0.3, -0.25) is 9.52 Å². The van der Waals surface area contributed by atoms with Crippen LogP contribution < -0.4 is 4.72 Å². The summed E-state index contributed by atoms with van der Waals surface area (Å²) in [5, 5.41) is 0. The molecule has 7 heteroatoms. The van der Waals surface area contributed by atoms with Gasteiger partial charge in [-0.1, -0.05) is 18.2 Å². The van der Waals surface area contributed by atoms with Gasteiger partial charge in [0.05, 0.1) is 0 Å². The van der Waals surface area contributed by atoms with E-state index in [-0.39, 0.29) is 10.8 Å². The molecule has 0 saturated heterocycles. The number of nitrogens with one attached hydrogen (secondary N) is 1. The van der Waals surface area contributed by atoms with Crippen molar-refractivity contribution in [2.45, 2.75) is 18.4 Å². The summed E-state index contributed by atoms with van der Waals surface area (Å²) in [5.41, 5.74) is 0.912. The number of aromatic nitrogens is 1. The molecule has 1 aromatic heterocycles. The van der Waals surface area contributed by atoms with Gasteiger partial charge in [-0.15, -0.1) is 0 Å². The second kappa shape index (κ2) is 5.49. The van der Waals surface area contributed by atoms with E-state index in [1.165, 1.54) is 12.3 Å². The van der Waals surface area contributed by atoms with Crippen LogP contribution in [0.3, 0.4) is 0 Å². The molecule has 0 saturated carbocycles. The Morgan fingerprint density at radius 2 is 1.91 bits per heavy atom. The molecule has 2 aromatic rings. The van der Waals surface area contributed by atoms with Crippen molar-refractivity contribution in [2.24, 2.45) is 0 Å². The highest BCUT2D eigenvalue weighted by Crippen LogP contribution is 2.22. The second-order valence-corrected chi connectivity index (χ2v) is 6.79. The smallest absolute Gasteiger partial charge is 0.270 e. The third-order valence-electron chi connectivity index (χ3n) is 3.71. The normalized spacial score (nSPS) is 14.8. The zero-order chi connectivity index (χ0) is 15.7. The maximum Gasteiger partial charge on any atom is 0.270 e. The minimum Gasteiger partial charge on any atom is -0.340 e. The van der Waals surface area contributed by atoms with Gasteiger partial charge in [0.25, 0.3) is 15.9 Å². The van der Waals surface area contributed by atoms with Crippen molar-refractivity contribution in [3.63, 3.8) is 0 Å². The van der Waals surface area contributed by atoms with Gasteiger partial charge in [0, 0.05) is 31.5 Å². The Morgan fingerprint density at radius 3 is 2.59 bits per heavy atom. The molecule has 1 aromatic carbocycles. The summed E-state index contributed by atoms with van der Waals surface area (Å²) in [6.45, 7) is 3.73. The number of hydrogen-bond donors (Lipinski definition) is 1. The number of anilines is 1. The lowest BCUT2D eigenvalue weighted by molar-refractivity contribution is 0.0715. The third kappa shape index (κ3) is 2.59. The molecule has 1 aliphatic heterocycles. The van der Waals surface area contributed by atoms with Gasteiger partial charge in [0.1, 0.15) is 10.6 Å².